The number of pyridine rings is 1. The summed E-state index contributed by atoms with van der Waals surface area (Å²) in [4.78, 5) is 19.9. The normalized spacial score (nSPS) is 10.5. The molecule has 0 aromatic carbocycles. The van der Waals surface area contributed by atoms with Gasteiger partial charge in [0.25, 0.3) is 0 Å². The second-order valence-corrected chi connectivity index (χ2v) is 6.44. The van der Waals surface area contributed by atoms with Gasteiger partial charge in [0, 0.05) is 37.1 Å². The first-order chi connectivity index (χ1) is 11.2. The van der Waals surface area contributed by atoms with Crippen LogP contribution in [0.3, 0.4) is 0 Å². The molecule has 2 aromatic rings. The van der Waals surface area contributed by atoms with Crippen molar-refractivity contribution in [3.05, 3.63) is 46.3 Å². The van der Waals surface area contributed by atoms with Crippen molar-refractivity contribution in [2.45, 2.75) is 39.7 Å². The summed E-state index contributed by atoms with van der Waals surface area (Å²) in [5, 5.41) is 5.04. The van der Waals surface area contributed by atoms with E-state index in [2.05, 4.69) is 46.6 Å². The van der Waals surface area contributed by atoms with Crippen LogP contribution in [0.15, 0.2) is 35.8 Å². The summed E-state index contributed by atoms with van der Waals surface area (Å²) in [5.74, 6) is 1.09. The van der Waals surface area contributed by atoms with Gasteiger partial charge in [0.05, 0.1) is 0 Å². The Hall–Kier alpha value is -1.88. The van der Waals surface area contributed by atoms with Crippen molar-refractivity contribution < 1.29 is 4.79 Å². The predicted octanol–water partition coefficient (Wildman–Crippen LogP) is 3.63. The van der Waals surface area contributed by atoms with E-state index in [1.807, 2.05) is 18.3 Å². The van der Waals surface area contributed by atoms with Gasteiger partial charge in [0.2, 0.25) is 5.91 Å². The van der Waals surface area contributed by atoms with Gasteiger partial charge in [-0.1, -0.05) is 12.1 Å². The number of rotatable bonds is 9. The van der Waals surface area contributed by atoms with Gasteiger partial charge in [-0.15, -0.1) is 11.3 Å². The fourth-order valence-electron chi connectivity index (χ4n) is 2.42. The second kappa shape index (κ2) is 9.30. The van der Waals surface area contributed by atoms with Crippen LogP contribution in [0.5, 0.6) is 0 Å². The van der Waals surface area contributed by atoms with Gasteiger partial charge in [-0.3, -0.25) is 4.79 Å². The van der Waals surface area contributed by atoms with Crippen LogP contribution in [0.4, 0.5) is 5.82 Å². The minimum Gasteiger partial charge on any atom is -0.357 e. The number of aromatic nitrogens is 1. The molecule has 5 heteroatoms. The number of hydrogen-bond acceptors (Lipinski definition) is 4. The van der Waals surface area contributed by atoms with E-state index >= 15 is 0 Å². The zero-order valence-corrected chi connectivity index (χ0v) is 14.7. The Labute approximate surface area is 142 Å². The summed E-state index contributed by atoms with van der Waals surface area (Å²) >= 11 is 1.75. The SMILES string of the molecule is CCN(CC)c1ccc(CNC(=O)CCCc2cccs2)cn1. The van der Waals surface area contributed by atoms with Crippen molar-refractivity contribution in [1.29, 1.82) is 0 Å². The molecule has 2 aromatic heterocycles. The Morgan fingerprint density at radius 1 is 1.26 bits per heavy atom. The average Bonchev–Trinajstić information content (AvgIpc) is 3.08. The largest absolute Gasteiger partial charge is 0.357 e. The van der Waals surface area contributed by atoms with Crippen LogP contribution in [-0.4, -0.2) is 24.0 Å². The van der Waals surface area contributed by atoms with E-state index in [1.54, 1.807) is 11.3 Å². The number of thiophene rings is 1. The highest BCUT2D eigenvalue weighted by molar-refractivity contribution is 7.09. The molecule has 0 fully saturated rings. The molecule has 23 heavy (non-hydrogen) atoms. The first-order valence-corrected chi connectivity index (χ1v) is 9.09. The number of hydrogen-bond donors (Lipinski definition) is 1. The van der Waals surface area contributed by atoms with Crippen molar-refractivity contribution in [2.24, 2.45) is 0 Å². The van der Waals surface area contributed by atoms with Crippen molar-refractivity contribution in [1.82, 2.24) is 10.3 Å². The van der Waals surface area contributed by atoms with Crippen molar-refractivity contribution in [3.63, 3.8) is 0 Å². The first-order valence-electron chi connectivity index (χ1n) is 8.21. The topological polar surface area (TPSA) is 45.2 Å². The lowest BCUT2D eigenvalue weighted by Crippen LogP contribution is -2.24. The molecule has 2 rings (SSSR count). The van der Waals surface area contributed by atoms with E-state index in [-0.39, 0.29) is 5.91 Å². The Bertz CT molecular complexity index is 577. The molecule has 0 aliphatic carbocycles. The summed E-state index contributed by atoms with van der Waals surface area (Å²) in [6.45, 7) is 6.68. The summed E-state index contributed by atoms with van der Waals surface area (Å²) < 4.78 is 0. The minimum atomic E-state index is 0.106. The van der Waals surface area contributed by atoms with Gasteiger partial charge in [-0.05, 0) is 49.8 Å². The van der Waals surface area contributed by atoms with Crippen molar-refractivity contribution >= 4 is 23.1 Å². The smallest absolute Gasteiger partial charge is 0.220 e. The molecule has 0 spiro atoms. The Balaban J connectivity index is 1.71. The number of amides is 1. The number of aryl methyl sites for hydroxylation is 1. The van der Waals surface area contributed by atoms with Gasteiger partial charge in [-0.2, -0.15) is 0 Å². The van der Waals surface area contributed by atoms with E-state index in [0.717, 1.165) is 37.3 Å². The van der Waals surface area contributed by atoms with E-state index in [9.17, 15) is 4.79 Å². The van der Waals surface area contributed by atoms with Crippen LogP contribution >= 0.6 is 11.3 Å². The maximum absolute atomic E-state index is 11.9. The van der Waals surface area contributed by atoms with Crippen LogP contribution in [0, 0.1) is 0 Å². The highest BCUT2D eigenvalue weighted by Gasteiger charge is 2.05. The molecule has 0 unspecified atom stereocenters. The molecule has 2 heterocycles. The number of nitrogens with zero attached hydrogens (tertiary/aromatic N) is 2. The Morgan fingerprint density at radius 3 is 2.70 bits per heavy atom. The lowest BCUT2D eigenvalue weighted by molar-refractivity contribution is -0.121. The highest BCUT2D eigenvalue weighted by Crippen LogP contribution is 2.12. The van der Waals surface area contributed by atoms with E-state index < -0.39 is 0 Å². The molecule has 0 aliphatic heterocycles. The van der Waals surface area contributed by atoms with Crippen LogP contribution in [0.25, 0.3) is 0 Å². The molecule has 1 N–H and O–H groups in total. The molecular weight excluding hydrogens is 306 g/mol. The monoisotopic (exact) mass is 331 g/mol. The average molecular weight is 331 g/mol. The maximum Gasteiger partial charge on any atom is 0.220 e. The Morgan fingerprint density at radius 2 is 2.09 bits per heavy atom. The van der Waals surface area contributed by atoms with Crippen LogP contribution in [0.1, 0.15) is 37.1 Å². The molecule has 0 atom stereocenters. The quantitative estimate of drug-likeness (QED) is 0.763. The van der Waals surface area contributed by atoms with E-state index in [4.69, 9.17) is 0 Å². The molecule has 0 radical (unpaired) electrons. The maximum atomic E-state index is 11.9. The van der Waals surface area contributed by atoms with Gasteiger partial charge >= 0.3 is 0 Å². The molecule has 4 nitrogen and oxygen atoms in total. The third-order valence-corrected chi connectivity index (χ3v) is 4.73. The summed E-state index contributed by atoms with van der Waals surface area (Å²) in [6.07, 6.45) is 4.29. The highest BCUT2D eigenvalue weighted by atomic mass is 32.1. The third kappa shape index (κ3) is 5.67. The molecule has 0 saturated carbocycles. The lowest BCUT2D eigenvalue weighted by Gasteiger charge is -2.19. The van der Waals surface area contributed by atoms with Gasteiger partial charge in [0.1, 0.15) is 5.82 Å². The number of carbonyl (C=O) groups is 1. The molecule has 0 aliphatic rings. The molecule has 1 amide bonds. The summed E-state index contributed by atoms with van der Waals surface area (Å²) in [6, 6.07) is 8.22. The van der Waals surface area contributed by atoms with Crippen molar-refractivity contribution in [3.8, 4) is 0 Å². The lowest BCUT2D eigenvalue weighted by atomic mass is 10.2. The molecule has 0 saturated heterocycles. The second-order valence-electron chi connectivity index (χ2n) is 5.41. The van der Waals surface area contributed by atoms with Crippen LogP contribution < -0.4 is 10.2 Å². The molecule has 124 valence electrons. The zero-order valence-electron chi connectivity index (χ0n) is 13.9. The number of nitrogens with one attached hydrogen (secondary N) is 1. The standard InChI is InChI=1S/C18H25N3OS/c1-3-21(4-2)17-11-10-15(13-19-17)14-20-18(22)9-5-7-16-8-6-12-23-16/h6,8,10-13H,3-5,7,9,14H2,1-2H3,(H,20,22). The fraction of sp³-hybridized carbons (Fsp3) is 0.444. The summed E-state index contributed by atoms with van der Waals surface area (Å²) in [5.41, 5.74) is 1.03. The minimum absolute atomic E-state index is 0.106. The van der Waals surface area contributed by atoms with Crippen LogP contribution in [0.2, 0.25) is 0 Å². The van der Waals surface area contributed by atoms with Crippen molar-refractivity contribution in [2.75, 3.05) is 18.0 Å². The van der Waals surface area contributed by atoms with Gasteiger partial charge in [0.15, 0.2) is 0 Å². The summed E-state index contributed by atoms with van der Waals surface area (Å²) in [7, 11) is 0. The zero-order chi connectivity index (χ0) is 16.5. The van der Waals surface area contributed by atoms with E-state index in [1.165, 1.54) is 4.88 Å². The van der Waals surface area contributed by atoms with Crippen LogP contribution in [-0.2, 0) is 17.8 Å². The Kier molecular flexibility index (Phi) is 7.07. The van der Waals surface area contributed by atoms with E-state index in [0.29, 0.717) is 13.0 Å². The number of carbonyl (C=O) groups excluding carboxylic acids is 1. The fourth-order valence-corrected chi connectivity index (χ4v) is 3.17. The predicted molar refractivity (Wildman–Crippen MR) is 96.9 cm³/mol. The van der Waals surface area contributed by atoms with Gasteiger partial charge < -0.3 is 10.2 Å². The molecule has 0 bridgehead atoms. The van der Waals surface area contributed by atoms with Gasteiger partial charge in [-0.25, -0.2) is 4.98 Å². The number of anilines is 1. The molecular formula is C18H25N3OS. The first kappa shape index (κ1) is 17.5. The third-order valence-electron chi connectivity index (χ3n) is 3.79.